The molecule has 3 N–H and O–H groups in total. The summed E-state index contributed by atoms with van der Waals surface area (Å²) in [6, 6.07) is 6.75. The van der Waals surface area contributed by atoms with Crippen molar-refractivity contribution in [2.24, 2.45) is 17.8 Å². The van der Waals surface area contributed by atoms with Crippen LogP contribution in [0.1, 0.15) is 66.7 Å². The highest BCUT2D eigenvalue weighted by Crippen LogP contribution is 2.36. The number of hydrogen-bond acceptors (Lipinski definition) is 7. The van der Waals surface area contributed by atoms with E-state index < -0.39 is 18.2 Å². The summed E-state index contributed by atoms with van der Waals surface area (Å²) in [7, 11) is 0. The first kappa shape index (κ1) is 35.7. The van der Waals surface area contributed by atoms with Crippen molar-refractivity contribution in [3.8, 4) is 5.75 Å². The van der Waals surface area contributed by atoms with Gasteiger partial charge in [0, 0.05) is 31.7 Å². The summed E-state index contributed by atoms with van der Waals surface area (Å²) in [5.41, 5.74) is 0.401. The van der Waals surface area contributed by atoms with E-state index in [2.05, 4.69) is 48.7 Å². The van der Waals surface area contributed by atoms with Gasteiger partial charge in [0.2, 0.25) is 11.8 Å². The number of benzene rings is 1. The smallest absolute Gasteiger partial charge is 0.248 e. The standard InChI is InChI=1S/C33H51IN2O7/c1-21(2)25-12-11-23(5)17-29(25)42-20-31(38)36(14-8-16-41-22(3)4)27-18-24(33(40)35-13-15-37)19-30(32(27)39)43-28-10-7-6-9-26(28)34/h6-7,9-10,19,21-23,25,27,29-30,32,37,39H,8,11-18,20H2,1-5H3,(H,35,40)/t23-,25+,27+,29-,30-,32-/m0/s1. The number of aliphatic hydroxyl groups excluding tert-OH is 2. The fourth-order valence-corrected chi connectivity index (χ4v) is 6.58. The lowest BCUT2D eigenvalue weighted by molar-refractivity contribution is -0.148. The minimum absolute atomic E-state index is 0.00561. The van der Waals surface area contributed by atoms with Crippen LogP contribution in [0.3, 0.4) is 0 Å². The van der Waals surface area contributed by atoms with Gasteiger partial charge in [-0.05, 0) is 91.7 Å². The van der Waals surface area contributed by atoms with Crippen LogP contribution in [0.15, 0.2) is 35.9 Å². The second kappa shape index (κ2) is 17.7. The maximum atomic E-state index is 13.9. The van der Waals surface area contributed by atoms with Crippen LogP contribution in [0.25, 0.3) is 0 Å². The molecule has 0 saturated heterocycles. The third-order valence-electron chi connectivity index (χ3n) is 8.41. The number of carbonyl (C=O) groups is 2. The molecule has 9 nitrogen and oxygen atoms in total. The van der Waals surface area contributed by atoms with E-state index in [9.17, 15) is 19.8 Å². The summed E-state index contributed by atoms with van der Waals surface area (Å²) < 4.78 is 19.2. The lowest BCUT2D eigenvalue weighted by atomic mass is 9.75. The zero-order chi connectivity index (χ0) is 31.5. The van der Waals surface area contributed by atoms with Crippen LogP contribution in [0.2, 0.25) is 0 Å². The Morgan fingerprint density at radius 2 is 1.91 bits per heavy atom. The normalized spacial score (nSPS) is 25.9. The first-order valence-corrected chi connectivity index (χ1v) is 16.8. The Morgan fingerprint density at radius 1 is 1.16 bits per heavy atom. The van der Waals surface area contributed by atoms with E-state index in [-0.39, 0.29) is 50.2 Å². The van der Waals surface area contributed by atoms with Crippen LogP contribution < -0.4 is 10.1 Å². The van der Waals surface area contributed by atoms with E-state index in [4.69, 9.17) is 14.2 Å². The Bertz CT molecular complexity index is 1070. The van der Waals surface area contributed by atoms with Gasteiger partial charge in [-0.3, -0.25) is 9.59 Å². The van der Waals surface area contributed by atoms with Crippen LogP contribution in [-0.2, 0) is 19.1 Å². The van der Waals surface area contributed by atoms with Gasteiger partial charge in [-0.15, -0.1) is 0 Å². The van der Waals surface area contributed by atoms with Gasteiger partial charge >= 0.3 is 0 Å². The Kier molecular flexibility index (Phi) is 14.7. The zero-order valence-corrected chi connectivity index (χ0v) is 28.5. The van der Waals surface area contributed by atoms with E-state index in [0.717, 1.165) is 16.4 Å². The summed E-state index contributed by atoms with van der Waals surface area (Å²) >= 11 is 2.17. The topological polar surface area (TPSA) is 118 Å². The predicted octanol–water partition coefficient (Wildman–Crippen LogP) is 4.33. The first-order chi connectivity index (χ1) is 20.5. The lowest BCUT2D eigenvalue weighted by Crippen LogP contribution is -2.56. The number of amides is 2. The van der Waals surface area contributed by atoms with Gasteiger partial charge < -0.3 is 34.6 Å². The van der Waals surface area contributed by atoms with Crippen molar-refractivity contribution < 1.29 is 34.0 Å². The molecule has 6 atom stereocenters. The number of halogens is 1. The van der Waals surface area contributed by atoms with Gasteiger partial charge in [0.15, 0.2) is 0 Å². The molecule has 10 heteroatoms. The third-order valence-corrected chi connectivity index (χ3v) is 9.30. The van der Waals surface area contributed by atoms with Crippen molar-refractivity contribution in [1.82, 2.24) is 10.2 Å². The molecule has 1 aromatic carbocycles. The molecule has 2 aliphatic carbocycles. The average Bonchev–Trinajstić information content (AvgIpc) is 2.96. The molecule has 0 unspecified atom stereocenters. The number of rotatable bonds is 15. The Balaban J connectivity index is 1.86. The SMILES string of the molecule is CC(C)OCCCN(C(=O)CO[C@H]1C[C@@H](C)CC[C@@H]1C(C)C)[C@@H]1CC(C(=O)NCCO)=C[C@H](Oc2ccccc2I)[C@H]1O. The van der Waals surface area contributed by atoms with Gasteiger partial charge in [0.05, 0.1) is 28.4 Å². The quantitative estimate of drug-likeness (QED) is 0.183. The minimum Gasteiger partial charge on any atom is -0.482 e. The molecule has 242 valence electrons. The molecule has 1 fully saturated rings. The number of nitrogens with one attached hydrogen (secondary N) is 1. The number of carbonyl (C=O) groups excluding carboxylic acids is 2. The molecule has 0 bridgehead atoms. The van der Waals surface area contributed by atoms with Crippen LogP contribution in [0.4, 0.5) is 0 Å². The predicted molar refractivity (Wildman–Crippen MR) is 175 cm³/mol. The van der Waals surface area contributed by atoms with Crippen molar-refractivity contribution in [2.75, 3.05) is 32.9 Å². The highest BCUT2D eigenvalue weighted by molar-refractivity contribution is 14.1. The third kappa shape index (κ3) is 10.7. The average molecular weight is 715 g/mol. The van der Waals surface area contributed by atoms with Gasteiger partial charge in [-0.1, -0.05) is 39.3 Å². The molecule has 0 aromatic heterocycles. The lowest BCUT2D eigenvalue weighted by Gasteiger charge is -2.41. The highest BCUT2D eigenvalue weighted by Gasteiger charge is 2.41. The minimum atomic E-state index is -1.08. The first-order valence-electron chi connectivity index (χ1n) is 15.7. The van der Waals surface area contributed by atoms with E-state index in [0.29, 0.717) is 48.6 Å². The largest absolute Gasteiger partial charge is 0.482 e. The molecule has 0 spiro atoms. The Morgan fingerprint density at radius 3 is 2.58 bits per heavy atom. The van der Waals surface area contributed by atoms with Crippen LogP contribution >= 0.6 is 22.6 Å². The highest BCUT2D eigenvalue weighted by atomic mass is 127. The number of hydrogen-bond donors (Lipinski definition) is 3. The number of aliphatic hydroxyl groups is 2. The van der Waals surface area contributed by atoms with Crippen molar-refractivity contribution in [3.63, 3.8) is 0 Å². The molecule has 0 aliphatic heterocycles. The summed E-state index contributed by atoms with van der Waals surface area (Å²) in [6.45, 7) is 11.2. The fraction of sp³-hybridized carbons (Fsp3) is 0.697. The van der Waals surface area contributed by atoms with Crippen molar-refractivity contribution in [2.45, 2.75) is 97.2 Å². The second-order valence-electron chi connectivity index (χ2n) is 12.5. The van der Waals surface area contributed by atoms with Crippen molar-refractivity contribution in [3.05, 3.63) is 39.5 Å². The van der Waals surface area contributed by atoms with Gasteiger partial charge in [-0.25, -0.2) is 0 Å². The summed E-state index contributed by atoms with van der Waals surface area (Å²) in [4.78, 5) is 28.7. The molecular weight excluding hydrogens is 663 g/mol. The molecule has 2 aliphatic rings. The zero-order valence-electron chi connectivity index (χ0n) is 26.3. The van der Waals surface area contributed by atoms with Crippen LogP contribution in [0, 0.1) is 21.3 Å². The van der Waals surface area contributed by atoms with E-state index >= 15 is 0 Å². The van der Waals surface area contributed by atoms with Crippen molar-refractivity contribution in [1.29, 1.82) is 0 Å². The molecule has 0 radical (unpaired) electrons. The Labute approximate surface area is 270 Å². The fourth-order valence-electron chi connectivity index (χ4n) is 6.06. The summed E-state index contributed by atoms with van der Waals surface area (Å²) in [5, 5.41) is 23.6. The van der Waals surface area contributed by atoms with Gasteiger partial charge in [0.1, 0.15) is 24.6 Å². The molecular formula is C33H51IN2O7. The molecule has 1 saturated carbocycles. The molecule has 2 amide bonds. The Hall–Kier alpha value is -1.73. The molecule has 3 rings (SSSR count). The maximum absolute atomic E-state index is 13.9. The summed E-state index contributed by atoms with van der Waals surface area (Å²) in [6.07, 6.45) is 3.65. The number of nitrogens with zero attached hydrogens (tertiary/aromatic N) is 1. The molecule has 0 heterocycles. The maximum Gasteiger partial charge on any atom is 0.248 e. The molecule has 1 aromatic rings. The van der Waals surface area contributed by atoms with Gasteiger partial charge in [0.25, 0.3) is 0 Å². The number of para-hydroxylation sites is 1. The van der Waals surface area contributed by atoms with E-state index in [1.807, 2.05) is 38.1 Å². The van der Waals surface area contributed by atoms with Crippen LogP contribution in [0.5, 0.6) is 5.75 Å². The van der Waals surface area contributed by atoms with Gasteiger partial charge in [-0.2, -0.15) is 0 Å². The van der Waals surface area contributed by atoms with Crippen molar-refractivity contribution >= 4 is 34.4 Å². The number of ether oxygens (including phenoxy) is 3. The molecule has 43 heavy (non-hydrogen) atoms. The monoisotopic (exact) mass is 714 g/mol. The van der Waals surface area contributed by atoms with Crippen LogP contribution in [-0.4, -0.2) is 90.3 Å². The van der Waals surface area contributed by atoms with E-state index in [1.54, 1.807) is 11.0 Å². The second-order valence-corrected chi connectivity index (χ2v) is 13.6. The summed E-state index contributed by atoms with van der Waals surface area (Å²) in [5.74, 6) is 1.40. The van der Waals surface area contributed by atoms with E-state index in [1.165, 1.54) is 6.42 Å².